The molecule has 1 amide bonds. The summed E-state index contributed by atoms with van der Waals surface area (Å²) in [5.41, 5.74) is -0.106. The molecule has 0 atom stereocenters. The first-order chi connectivity index (χ1) is 6.66. The molecule has 0 bridgehead atoms. The topological polar surface area (TPSA) is 58.6 Å². The molecule has 1 rings (SSSR count). The van der Waals surface area contributed by atoms with Crippen LogP contribution in [0, 0.1) is 0 Å². The minimum absolute atomic E-state index is 0.0713. The highest BCUT2D eigenvalue weighted by Crippen LogP contribution is 2.27. The minimum Gasteiger partial charge on any atom is -0.447 e. The van der Waals surface area contributed by atoms with Crippen LogP contribution in [0.2, 0.25) is 0 Å². The van der Waals surface area contributed by atoms with E-state index in [2.05, 4.69) is 5.32 Å². The Kier molecular flexibility index (Phi) is 4.20. The van der Waals surface area contributed by atoms with E-state index in [0.717, 1.165) is 25.7 Å². The van der Waals surface area contributed by atoms with Crippen LogP contribution in [0.25, 0.3) is 0 Å². The Balaban J connectivity index is 2.29. The molecule has 0 aromatic heterocycles. The number of aliphatic hydroxyl groups excluding tert-OH is 1. The van der Waals surface area contributed by atoms with Crippen LogP contribution in [0.15, 0.2) is 0 Å². The van der Waals surface area contributed by atoms with Gasteiger partial charge < -0.3 is 15.2 Å². The highest BCUT2D eigenvalue weighted by atomic mass is 16.6. The number of nitrogens with one attached hydrogen (secondary N) is 1. The van der Waals surface area contributed by atoms with Gasteiger partial charge in [0.2, 0.25) is 0 Å². The van der Waals surface area contributed by atoms with Crippen LogP contribution < -0.4 is 5.32 Å². The molecule has 0 aromatic rings. The second kappa shape index (κ2) is 5.20. The molecule has 14 heavy (non-hydrogen) atoms. The molecule has 4 nitrogen and oxygen atoms in total. The third-order valence-corrected chi connectivity index (χ3v) is 2.69. The molecule has 1 saturated carbocycles. The summed E-state index contributed by atoms with van der Waals surface area (Å²) in [5, 5.41) is 11.3. The fourth-order valence-electron chi connectivity index (χ4n) is 1.88. The molecule has 0 unspecified atom stereocenters. The van der Waals surface area contributed by atoms with Crippen LogP contribution in [-0.4, -0.2) is 30.0 Å². The van der Waals surface area contributed by atoms with E-state index in [1.54, 1.807) is 0 Å². The van der Waals surface area contributed by atoms with E-state index in [0.29, 0.717) is 0 Å². The van der Waals surface area contributed by atoms with E-state index < -0.39 is 6.09 Å². The Labute approximate surface area is 84.6 Å². The Morgan fingerprint density at radius 3 is 2.64 bits per heavy atom. The number of rotatable bonds is 3. The van der Waals surface area contributed by atoms with Gasteiger partial charge in [-0.05, 0) is 19.8 Å². The number of aliphatic hydroxyl groups is 1. The van der Waals surface area contributed by atoms with Crippen molar-refractivity contribution in [1.29, 1.82) is 0 Å². The summed E-state index contributed by atoms with van der Waals surface area (Å²) in [6.07, 6.45) is 5.20. The summed E-state index contributed by atoms with van der Waals surface area (Å²) in [5.74, 6) is 0. The number of alkyl carbamates (subject to hydrolysis) is 1. The zero-order chi connectivity index (χ0) is 10.4. The first-order valence-electron chi connectivity index (χ1n) is 5.22. The van der Waals surface area contributed by atoms with Gasteiger partial charge in [-0.1, -0.05) is 19.3 Å². The first-order valence-corrected chi connectivity index (χ1v) is 5.22. The molecule has 0 heterocycles. The van der Waals surface area contributed by atoms with Crippen LogP contribution in [0.5, 0.6) is 0 Å². The molecule has 2 N–H and O–H groups in total. The van der Waals surface area contributed by atoms with E-state index in [9.17, 15) is 4.79 Å². The van der Waals surface area contributed by atoms with Gasteiger partial charge in [0.15, 0.2) is 0 Å². The number of ether oxygens (including phenoxy) is 1. The summed E-state index contributed by atoms with van der Waals surface area (Å²) in [6, 6.07) is 0. The monoisotopic (exact) mass is 201 g/mol. The van der Waals surface area contributed by atoms with E-state index in [1.165, 1.54) is 6.42 Å². The number of hydrogen-bond acceptors (Lipinski definition) is 3. The average Bonchev–Trinajstić information content (AvgIpc) is 2.15. The van der Waals surface area contributed by atoms with Crippen LogP contribution in [-0.2, 0) is 4.74 Å². The summed E-state index contributed by atoms with van der Waals surface area (Å²) < 4.78 is 4.76. The highest BCUT2D eigenvalue weighted by Gasteiger charge is 2.28. The largest absolute Gasteiger partial charge is 0.447 e. The van der Waals surface area contributed by atoms with Gasteiger partial charge in [-0.15, -0.1) is 0 Å². The number of amides is 1. The van der Waals surface area contributed by atoms with E-state index in [-0.39, 0.29) is 18.8 Å². The van der Waals surface area contributed by atoms with Gasteiger partial charge in [-0.3, -0.25) is 0 Å². The van der Waals surface area contributed by atoms with Gasteiger partial charge in [0, 0.05) is 5.54 Å². The minimum atomic E-state index is -0.413. The van der Waals surface area contributed by atoms with Gasteiger partial charge >= 0.3 is 6.09 Å². The van der Waals surface area contributed by atoms with Crippen LogP contribution in [0.3, 0.4) is 0 Å². The first kappa shape index (κ1) is 11.3. The van der Waals surface area contributed by atoms with Crippen molar-refractivity contribution in [2.75, 3.05) is 13.2 Å². The SMILES string of the molecule is CC1(NC(=O)OCCO)CCCCC1. The summed E-state index contributed by atoms with van der Waals surface area (Å²) >= 11 is 0. The van der Waals surface area contributed by atoms with Crippen molar-refractivity contribution in [3.8, 4) is 0 Å². The van der Waals surface area contributed by atoms with Crippen molar-refractivity contribution in [1.82, 2.24) is 5.32 Å². The van der Waals surface area contributed by atoms with Crippen molar-refractivity contribution in [2.24, 2.45) is 0 Å². The maximum atomic E-state index is 11.2. The Morgan fingerprint density at radius 2 is 2.07 bits per heavy atom. The molecule has 82 valence electrons. The maximum absolute atomic E-state index is 11.2. The van der Waals surface area contributed by atoms with Crippen molar-refractivity contribution in [3.05, 3.63) is 0 Å². The lowest BCUT2D eigenvalue weighted by Crippen LogP contribution is -2.47. The van der Waals surface area contributed by atoms with Gasteiger partial charge in [0.05, 0.1) is 6.61 Å². The smallest absolute Gasteiger partial charge is 0.407 e. The average molecular weight is 201 g/mol. The van der Waals surface area contributed by atoms with Gasteiger partial charge in [-0.2, -0.15) is 0 Å². The summed E-state index contributed by atoms with van der Waals surface area (Å²) in [4.78, 5) is 11.2. The van der Waals surface area contributed by atoms with Crippen LogP contribution >= 0.6 is 0 Å². The molecule has 0 spiro atoms. The lowest BCUT2D eigenvalue weighted by molar-refractivity contribution is 0.105. The lowest BCUT2D eigenvalue weighted by Gasteiger charge is -2.33. The van der Waals surface area contributed by atoms with Gasteiger partial charge in [0.1, 0.15) is 6.61 Å². The zero-order valence-electron chi connectivity index (χ0n) is 8.71. The Hall–Kier alpha value is -0.770. The van der Waals surface area contributed by atoms with Crippen molar-refractivity contribution >= 4 is 6.09 Å². The molecule has 0 radical (unpaired) electrons. The fourth-order valence-corrected chi connectivity index (χ4v) is 1.88. The predicted molar refractivity (Wildman–Crippen MR) is 53.1 cm³/mol. The number of carbonyl (C=O) groups is 1. The lowest BCUT2D eigenvalue weighted by atomic mass is 9.83. The third kappa shape index (κ3) is 3.54. The van der Waals surface area contributed by atoms with Crippen LogP contribution in [0.4, 0.5) is 4.79 Å². The van der Waals surface area contributed by atoms with E-state index >= 15 is 0 Å². The molecule has 1 fully saturated rings. The van der Waals surface area contributed by atoms with Crippen LogP contribution in [0.1, 0.15) is 39.0 Å². The number of hydrogen-bond donors (Lipinski definition) is 2. The Morgan fingerprint density at radius 1 is 1.43 bits per heavy atom. The van der Waals surface area contributed by atoms with Crippen molar-refractivity contribution in [3.63, 3.8) is 0 Å². The summed E-state index contributed by atoms with van der Waals surface area (Å²) in [7, 11) is 0. The molecule has 0 aliphatic heterocycles. The highest BCUT2D eigenvalue weighted by molar-refractivity contribution is 5.68. The van der Waals surface area contributed by atoms with Gasteiger partial charge in [0.25, 0.3) is 0 Å². The molecular weight excluding hydrogens is 182 g/mol. The molecule has 0 saturated heterocycles. The molecule has 0 aromatic carbocycles. The molecule has 1 aliphatic carbocycles. The second-order valence-electron chi connectivity index (χ2n) is 4.11. The Bertz CT molecular complexity index is 188. The standard InChI is InChI=1S/C10H19NO3/c1-10(5-3-2-4-6-10)11-9(13)14-8-7-12/h12H,2-8H2,1H3,(H,11,13). The molecular formula is C10H19NO3. The van der Waals surface area contributed by atoms with Crippen molar-refractivity contribution < 1.29 is 14.6 Å². The third-order valence-electron chi connectivity index (χ3n) is 2.69. The normalized spacial score (nSPS) is 20.1. The second-order valence-corrected chi connectivity index (χ2v) is 4.11. The quantitative estimate of drug-likeness (QED) is 0.726. The number of carbonyl (C=O) groups excluding carboxylic acids is 1. The maximum Gasteiger partial charge on any atom is 0.407 e. The van der Waals surface area contributed by atoms with Gasteiger partial charge in [-0.25, -0.2) is 4.79 Å². The van der Waals surface area contributed by atoms with E-state index in [4.69, 9.17) is 9.84 Å². The van der Waals surface area contributed by atoms with E-state index in [1.807, 2.05) is 6.92 Å². The fraction of sp³-hybridized carbons (Fsp3) is 0.900. The predicted octanol–water partition coefficient (Wildman–Crippen LogP) is 1.43. The molecule has 1 aliphatic rings. The zero-order valence-corrected chi connectivity index (χ0v) is 8.71. The summed E-state index contributed by atoms with van der Waals surface area (Å²) in [6.45, 7) is 2.00. The van der Waals surface area contributed by atoms with Crippen molar-refractivity contribution in [2.45, 2.75) is 44.6 Å². The molecule has 4 heteroatoms.